The Morgan fingerprint density at radius 1 is 0.667 bits per heavy atom. The van der Waals surface area contributed by atoms with Crippen molar-refractivity contribution in [3.8, 4) is 0 Å². The highest BCUT2D eigenvalue weighted by Crippen LogP contribution is 2.50. The molecule has 0 aliphatic heterocycles. The van der Waals surface area contributed by atoms with E-state index in [1.165, 1.54) is 32.1 Å². The van der Waals surface area contributed by atoms with E-state index in [-0.39, 0.29) is 17.4 Å². The molecule has 0 amide bonds. The highest BCUT2D eigenvalue weighted by Gasteiger charge is 2.54. The molecule has 0 spiro atoms. The summed E-state index contributed by atoms with van der Waals surface area (Å²) in [5.74, 6) is -1.07. The van der Waals surface area contributed by atoms with Gasteiger partial charge in [0.2, 0.25) is 0 Å². The van der Waals surface area contributed by atoms with Crippen LogP contribution < -0.4 is 5.73 Å². The van der Waals surface area contributed by atoms with Crippen molar-refractivity contribution in [2.45, 2.75) is 118 Å². The molecule has 0 aromatic rings. The zero-order valence-corrected chi connectivity index (χ0v) is 21.1. The molecular weight excluding hydrogens is 378 g/mol. The van der Waals surface area contributed by atoms with Crippen LogP contribution in [0.4, 0.5) is 0 Å². The van der Waals surface area contributed by atoms with Crippen LogP contribution in [0, 0.1) is 10.8 Å². The van der Waals surface area contributed by atoms with Crippen molar-refractivity contribution < 1.29 is 19.3 Å². The van der Waals surface area contributed by atoms with Crippen LogP contribution >= 0.6 is 0 Å². The van der Waals surface area contributed by atoms with E-state index in [1.807, 2.05) is 20.8 Å². The largest absolute Gasteiger partial charge is 0.396 e. The lowest BCUT2D eigenvalue weighted by molar-refractivity contribution is -0.432. The molecule has 3 N–H and O–H groups in total. The number of rotatable bonds is 21. The lowest BCUT2D eigenvalue weighted by Crippen LogP contribution is -2.55. The number of nitrogens with two attached hydrogens (primary N) is 1. The van der Waals surface area contributed by atoms with Gasteiger partial charge in [-0.15, -0.1) is 0 Å². The van der Waals surface area contributed by atoms with Gasteiger partial charge in [-0.05, 0) is 64.8 Å². The smallest absolute Gasteiger partial charge is 0.288 e. The maximum atomic E-state index is 9.69. The second kappa shape index (κ2) is 16.4. The number of hydrogen-bond acceptors (Lipinski definition) is 5. The molecule has 0 aromatic carbocycles. The topological polar surface area (TPSA) is 73.9 Å². The van der Waals surface area contributed by atoms with E-state index in [1.54, 1.807) is 0 Å². The number of aliphatic hydroxyl groups is 1. The molecule has 0 aromatic heterocycles. The van der Waals surface area contributed by atoms with Gasteiger partial charge in [0.05, 0.1) is 5.41 Å². The third-order valence-electron chi connectivity index (χ3n) is 6.31. The van der Waals surface area contributed by atoms with Gasteiger partial charge >= 0.3 is 0 Å². The normalized spacial score (nSPS) is 14.8. The Morgan fingerprint density at radius 2 is 1.17 bits per heavy atom. The number of ether oxygens (including phenoxy) is 3. The van der Waals surface area contributed by atoms with Crippen LogP contribution in [0.15, 0.2) is 0 Å². The van der Waals surface area contributed by atoms with Gasteiger partial charge < -0.3 is 25.1 Å². The van der Waals surface area contributed by atoms with Crippen LogP contribution in [0.5, 0.6) is 0 Å². The van der Waals surface area contributed by atoms with E-state index in [9.17, 15) is 5.11 Å². The van der Waals surface area contributed by atoms with Crippen molar-refractivity contribution in [3.05, 3.63) is 0 Å². The van der Waals surface area contributed by atoms with Crippen molar-refractivity contribution in [1.29, 1.82) is 0 Å². The van der Waals surface area contributed by atoms with E-state index in [0.717, 1.165) is 32.1 Å². The van der Waals surface area contributed by atoms with E-state index >= 15 is 0 Å². The summed E-state index contributed by atoms with van der Waals surface area (Å²) in [6.07, 6.45) is 11.8. The fourth-order valence-corrected chi connectivity index (χ4v) is 4.33. The van der Waals surface area contributed by atoms with Crippen molar-refractivity contribution in [2.75, 3.05) is 33.0 Å². The molecule has 30 heavy (non-hydrogen) atoms. The van der Waals surface area contributed by atoms with Crippen LogP contribution in [0.1, 0.15) is 112 Å². The predicted molar refractivity (Wildman–Crippen MR) is 126 cm³/mol. The van der Waals surface area contributed by atoms with Gasteiger partial charge in [-0.3, -0.25) is 0 Å². The second-order valence-electron chi connectivity index (χ2n) is 9.35. The summed E-state index contributed by atoms with van der Waals surface area (Å²) < 4.78 is 18.9. The first-order valence-electron chi connectivity index (χ1n) is 12.5. The maximum absolute atomic E-state index is 9.69. The Kier molecular flexibility index (Phi) is 16.3. The number of hydrogen-bond donors (Lipinski definition) is 2. The molecule has 1 atom stereocenters. The van der Waals surface area contributed by atoms with Crippen LogP contribution in [0.3, 0.4) is 0 Å². The lowest BCUT2D eigenvalue weighted by atomic mass is 9.69. The Labute approximate surface area is 187 Å². The Balaban J connectivity index is 5.86. The van der Waals surface area contributed by atoms with E-state index in [2.05, 4.69) is 20.8 Å². The number of aliphatic hydroxyl groups excluding tert-OH is 1. The third-order valence-corrected chi connectivity index (χ3v) is 6.31. The minimum absolute atomic E-state index is 0.0436. The van der Waals surface area contributed by atoms with Gasteiger partial charge in [0, 0.05) is 26.4 Å². The molecule has 182 valence electrons. The summed E-state index contributed by atoms with van der Waals surface area (Å²) >= 11 is 0. The zero-order valence-electron chi connectivity index (χ0n) is 21.1. The standard InChI is InChI=1S/C25H53NO4/c1-7-11-12-13-14-15-17-24(18-16-21-27,20-19-23(5,6)22-26)25(28-8-2,29-9-3)30-10-4/h27H,7-22,26H2,1-6H3. The minimum atomic E-state index is -1.07. The molecule has 0 saturated carbocycles. The summed E-state index contributed by atoms with van der Waals surface area (Å²) in [7, 11) is 0. The SMILES string of the molecule is CCCCCCCCC(CCCO)(CCC(C)(C)CN)C(OCC)(OCC)OCC. The van der Waals surface area contributed by atoms with Crippen molar-refractivity contribution in [1.82, 2.24) is 0 Å². The highest BCUT2D eigenvalue weighted by molar-refractivity contribution is 4.91. The molecule has 5 heteroatoms. The summed E-state index contributed by atoms with van der Waals surface area (Å²) in [6.45, 7) is 15.1. The van der Waals surface area contributed by atoms with Gasteiger partial charge in [0.15, 0.2) is 0 Å². The molecule has 0 heterocycles. The van der Waals surface area contributed by atoms with Crippen molar-refractivity contribution >= 4 is 0 Å². The molecule has 0 aliphatic rings. The summed E-state index contributed by atoms with van der Waals surface area (Å²) in [4.78, 5) is 0. The van der Waals surface area contributed by atoms with E-state index < -0.39 is 5.97 Å². The van der Waals surface area contributed by atoms with E-state index in [4.69, 9.17) is 19.9 Å². The molecule has 0 saturated heterocycles. The van der Waals surface area contributed by atoms with Crippen molar-refractivity contribution in [2.24, 2.45) is 16.6 Å². The molecule has 1 unspecified atom stereocenters. The highest BCUT2D eigenvalue weighted by atomic mass is 16.9. The predicted octanol–water partition coefficient (Wildman–Crippen LogP) is 6.02. The summed E-state index contributed by atoms with van der Waals surface area (Å²) in [5, 5.41) is 9.69. The molecular formula is C25H53NO4. The fourth-order valence-electron chi connectivity index (χ4n) is 4.33. The first kappa shape index (κ1) is 29.8. The van der Waals surface area contributed by atoms with Gasteiger partial charge in [0.25, 0.3) is 5.97 Å². The van der Waals surface area contributed by atoms with Crippen LogP contribution in [0.25, 0.3) is 0 Å². The van der Waals surface area contributed by atoms with Gasteiger partial charge in [-0.25, -0.2) is 0 Å². The molecule has 0 fully saturated rings. The Morgan fingerprint density at radius 3 is 1.63 bits per heavy atom. The molecule has 0 rings (SSSR count). The zero-order chi connectivity index (χ0) is 22.9. The third kappa shape index (κ3) is 9.95. The van der Waals surface area contributed by atoms with E-state index in [0.29, 0.717) is 32.8 Å². The minimum Gasteiger partial charge on any atom is -0.396 e. The Hall–Kier alpha value is -0.200. The van der Waals surface area contributed by atoms with Gasteiger partial charge in [-0.2, -0.15) is 0 Å². The monoisotopic (exact) mass is 431 g/mol. The number of unbranched alkanes of at least 4 members (excludes halogenated alkanes) is 5. The molecule has 0 aliphatic carbocycles. The first-order chi connectivity index (χ1) is 14.3. The average molecular weight is 432 g/mol. The Bertz CT molecular complexity index is 386. The maximum Gasteiger partial charge on any atom is 0.288 e. The van der Waals surface area contributed by atoms with Crippen molar-refractivity contribution in [3.63, 3.8) is 0 Å². The van der Waals surface area contributed by atoms with Crippen LogP contribution in [-0.2, 0) is 14.2 Å². The first-order valence-corrected chi connectivity index (χ1v) is 12.5. The second-order valence-corrected chi connectivity index (χ2v) is 9.35. The van der Waals surface area contributed by atoms with Crippen LogP contribution in [0.2, 0.25) is 0 Å². The molecule has 0 bridgehead atoms. The molecule has 0 radical (unpaired) electrons. The fraction of sp³-hybridized carbons (Fsp3) is 1.00. The lowest BCUT2D eigenvalue weighted by Gasteiger charge is -2.50. The summed E-state index contributed by atoms with van der Waals surface area (Å²) in [5.41, 5.74) is 5.79. The molecule has 5 nitrogen and oxygen atoms in total. The van der Waals surface area contributed by atoms with Gasteiger partial charge in [-0.1, -0.05) is 59.3 Å². The summed E-state index contributed by atoms with van der Waals surface area (Å²) in [6, 6.07) is 0. The average Bonchev–Trinajstić information content (AvgIpc) is 2.72. The quantitative estimate of drug-likeness (QED) is 0.172. The van der Waals surface area contributed by atoms with Crippen LogP contribution in [-0.4, -0.2) is 44.1 Å². The van der Waals surface area contributed by atoms with Gasteiger partial charge in [0.1, 0.15) is 0 Å².